The molecule has 0 saturated carbocycles. The maximum atomic E-state index is 12.9. The SMILES string of the molecule is CCc1ccc(Nc2nnc(SCC(=O)c3ccc(F)cc3)s2)cc1. The number of aromatic nitrogens is 2. The number of hydrogen-bond acceptors (Lipinski definition) is 6. The predicted molar refractivity (Wildman–Crippen MR) is 100 cm³/mol. The summed E-state index contributed by atoms with van der Waals surface area (Å²) in [5.74, 6) is -0.174. The van der Waals surface area contributed by atoms with Gasteiger partial charge in [0.2, 0.25) is 5.13 Å². The van der Waals surface area contributed by atoms with Gasteiger partial charge in [0, 0.05) is 11.3 Å². The molecule has 0 aliphatic rings. The second-order valence-electron chi connectivity index (χ2n) is 5.27. The number of Topliss-reactive ketones (excluding diaryl/α,β-unsaturated/α-hetero) is 1. The molecule has 2 aromatic carbocycles. The minimum absolute atomic E-state index is 0.0649. The van der Waals surface area contributed by atoms with Crippen molar-refractivity contribution in [3.05, 3.63) is 65.5 Å². The molecule has 1 N–H and O–H groups in total. The number of carbonyl (C=O) groups excluding carboxylic acids is 1. The lowest BCUT2D eigenvalue weighted by Gasteiger charge is -2.02. The molecule has 0 bridgehead atoms. The molecule has 0 unspecified atom stereocenters. The summed E-state index contributed by atoms with van der Waals surface area (Å²) < 4.78 is 13.6. The zero-order valence-corrected chi connectivity index (χ0v) is 15.2. The molecule has 0 atom stereocenters. The number of thioether (sulfide) groups is 1. The second kappa shape index (κ2) is 8.22. The van der Waals surface area contributed by atoms with E-state index in [4.69, 9.17) is 0 Å². The first-order valence-electron chi connectivity index (χ1n) is 7.75. The van der Waals surface area contributed by atoms with E-state index in [-0.39, 0.29) is 17.4 Å². The van der Waals surface area contributed by atoms with Crippen molar-refractivity contribution < 1.29 is 9.18 Å². The third kappa shape index (κ3) is 4.87. The van der Waals surface area contributed by atoms with E-state index in [1.165, 1.54) is 52.9 Å². The average molecular weight is 373 g/mol. The van der Waals surface area contributed by atoms with Gasteiger partial charge in [-0.05, 0) is 48.4 Å². The normalized spacial score (nSPS) is 10.6. The molecule has 0 amide bonds. The van der Waals surface area contributed by atoms with Crippen LogP contribution < -0.4 is 5.32 Å². The standard InChI is InChI=1S/C18H16FN3OS2/c1-2-12-3-9-15(10-4-12)20-17-21-22-18(25-17)24-11-16(23)13-5-7-14(19)8-6-13/h3-10H,2,11H2,1H3,(H,20,21). The Balaban J connectivity index is 1.56. The van der Waals surface area contributed by atoms with Crippen molar-refractivity contribution >= 4 is 39.7 Å². The van der Waals surface area contributed by atoms with Crippen LogP contribution in [0.1, 0.15) is 22.8 Å². The van der Waals surface area contributed by atoms with E-state index < -0.39 is 0 Å². The molecule has 0 radical (unpaired) electrons. The number of nitrogens with one attached hydrogen (secondary N) is 1. The summed E-state index contributed by atoms with van der Waals surface area (Å²) in [7, 11) is 0. The number of ketones is 1. The monoisotopic (exact) mass is 373 g/mol. The van der Waals surface area contributed by atoms with Gasteiger partial charge in [0.15, 0.2) is 10.1 Å². The van der Waals surface area contributed by atoms with Gasteiger partial charge in [-0.25, -0.2) is 4.39 Å². The van der Waals surface area contributed by atoms with Crippen molar-refractivity contribution in [1.29, 1.82) is 0 Å². The van der Waals surface area contributed by atoms with E-state index in [1.807, 2.05) is 12.1 Å². The quantitative estimate of drug-likeness (QED) is 0.469. The van der Waals surface area contributed by atoms with Gasteiger partial charge < -0.3 is 5.32 Å². The van der Waals surface area contributed by atoms with Gasteiger partial charge in [-0.15, -0.1) is 10.2 Å². The van der Waals surface area contributed by atoms with E-state index in [2.05, 4.69) is 34.6 Å². The van der Waals surface area contributed by atoms with Crippen molar-refractivity contribution in [2.45, 2.75) is 17.7 Å². The Morgan fingerprint density at radius 2 is 1.84 bits per heavy atom. The van der Waals surface area contributed by atoms with Gasteiger partial charge in [-0.3, -0.25) is 4.79 Å². The highest BCUT2D eigenvalue weighted by molar-refractivity contribution is 8.01. The minimum atomic E-state index is -0.351. The highest BCUT2D eigenvalue weighted by Gasteiger charge is 2.10. The molecule has 0 spiro atoms. The summed E-state index contributed by atoms with van der Waals surface area (Å²) in [4.78, 5) is 12.1. The Kier molecular flexibility index (Phi) is 5.78. The number of halogens is 1. The van der Waals surface area contributed by atoms with Crippen molar-refractivity contribution in [3.63, 3.8) is 0 Å². The van der Waals surface area contributed by atoms with Gasteiger partial charge in [0.1, 0.15) is 5.82 Å². The van der Waals surface area contributed by atoms with Crippen LogP contribution >= 0.6 is 23.1 Å². The first kappa shape index (κ1) is 17.6. The van der Waals surface area contributed by atoms with E-state index in [9.17, 15) is 9.18 Å². The third-order valence-corrected chi connectivity index (χ3v) is 5.48. The largest absolute Gasteiger partial charge is 0.330 e. The van der Waals surface area contributed by atoms with Gasteiger partial charge >= 0.3 is 0 Å². The fourth-order valence-electron chi connectivity index (χ4n) is 2.11. The highest BCUT2D eigenvalue weighted by Crippen LogP contribution is 2.28. The maximum absolute atomic E-state index is 12.9. The molecule has 0 aliphatic heterocycles. The molecule has 25 heavy (non-hydrogen) atoms. The van der Waals surface area contributed by atoms with Crippen molar-refractivity contribution in [2.24, 2.45) is 0 Å². The number of rotatable bonds is 7. The molecule has 1 heterocycles. The van der Waals surface area contributed by atoms with Gasteiger partial charge in [-0.1, -0.05) is 42.2 Å². The van der Waals surface area contributed by atoms with Crippen LogP contribution in [0.25, 0.3) is 0 Å². The van der Waals surface area contributed by atoms with E-state index in [1.54, 1.807) is 0 Å². The molecule has 0 saturated heterocycles. The topological polar surface area (TPSA) is 54.9 Å². The number of benzene rings is 2. The van der Waals surface area contributed by atoms with Crippen LogP contribution in [0, 0.1) is 5.82 Å². The van der Waals surface area contributed by atoms with Gasteiger partial charge in [0.25, 0.3) is 0 Å². The maximum Gasteiger partial charge on any atom is 0.210 e. The van der Waals surface area contributed by atoms with Gasteiger partial charge in [0.05, 0.1) is 5.75 Å². The lowest BCUT2D eigenvalue weighted by molar-refractivity contribution is 0.102. The first-order valence-corrected chi connectivity index (χ1v) is 9.55. The number of carbonyl (C=O) groups is 1. The Hall–Kier alpha value is -2.25. The van der Waals surface area contributed by atoms with Crippen molar-refractivity contribution in [3.8, 4) is 0 Å². The van der Waals surface area contributed by atoms with Crippen LogP contribution in [0.15, 0.2) is 52.9 Å². The van der Waals surface area contributed by atoms with Crippen LogP contribution in [0.4, 0.5) is 15.2 Å². The Morgan fingerprint density at radius 3 is 2.52 bits per heavy atom. The summed E-state index contributed by atoms with van der Waals surface area (Å²) in [5, 5.41) is 12.1. The molecule has 3 rings (SSSR count). The van der Waals surface area contributed by atoms with E-state index in [0.717, 1.165) is 12.1 Å². The molecular weight excluding hydrogens is 357 g/mol. The van der Waals surface area contributed by atoms with E-state index in [0.29, 0.717) is 15.0 Å². The summed E-state index contributed by atoms with van der Waals surface area (Å²) >= 11 is 2.72. The Labute approximate surface area is 153 Å². The smallest absolute Gasteiger partial charge is 0.210 e. The van der Waals surface area contributed by atoms with Gasteiger partial charge in [-0.2, -0.15) is 0 Å². The van der Waals surface area contributed by atoms with Crippen LogP contribution in [0.3, 0.4) is 0 Å². The van der Waals surface area contributed by atoms with E-state index >= 15 is 0 Å². The zero-order valence-electron chi connectivity index (χ0n) is 13.5. The van der Waals surface area contributed by atoms with Crippen LogP contribution in [-0.2, 0) is 6.42 Å². The molecular formula is C18H16FN3OS2. The van der Waals surface area contributed by atoms with Crippen LogP contribution in [-0.4, -0.2) is 21.7 Å². The number of nitrogens with zero attached hydrogens (tertiary/aromatic N) is 2. The van der Waals surface area contributed by atoms with Crippen LogP contribution in [0.2, 0.25) is 0 Å². The van der Waals surface area contributed by atoms with Crippen molar-refractivity contribution in [1.82, 2.24) is 10.2 Å². The average Bonchev–Trinajstić information content (AvgIpc) is 3.08. The zero-order chi connectivity index (χ0) is 17.6. The number of aryl methyl sites for hydroxylation is 1. The molecule has 7 heteroatoms. The lowest BCUT2D eigenvalue weighted by Crippen LogP contribution is -2.01. The second-order valence-corrected chi connectivity index (χ2v) is 7.47. The highest BCUT2D eigenvalue weighted by atomic mass is 32.2. The number of hydrogen-bond donors (Lipinski definition) is 1. The van der Waals surface area contributed by atoms with Crippen LogP contribution in [0.5, 0.6) is 0 Å². The third-order valence-electron chi connectivity index (χ3n) is 3.51. The Bertz CT molecular complexity index is 848. The molecule has 128 valence electrons. The number of anilines is 2. The lowest BCUT2D eigenvalue weighted by atomic mass is 10.1. The Morgan fingerprint density at radius 1 is 1.12 bits per heavy atom. The fraction of sp³-hybridized carbons (Fsp3) is 0.167. The molecule has 0 aliphatic carbocycles. The summed E-state index contributed by atoms with van der Waals surface area (Å²) in [6, 6.07) is 13.7. The first-order chi connectivity index (χ1) is 12.1. The molecule has 4 nitrogen and oxygen atoms in total. The molecule has 0 fully saturated rings. The minimum Gasteiger partial charge on any atom is -0.330 e. The fourth-order valence-corrected chi connectivity index (χ4v) is 3.78. The summed E-state index contributed by atoms with van der Waals surface area (Å²) in [5.41, 5.74) is 2.72. The molecule has 1 aromatic heterocycles. The van der Waals surface area contributed by atoms with Crippen molar-refractivity contribution in [2.75, 3.05) is 11.1 Å². The predicted octanol–water partition coefficient (Wildman–Crippen LogP) is 4.96. The summed E-state index contributed by atoms with van der Waals surface area (Å²) in [6.45, 7) is 2.11. The molecule has 3 aromatic rings. The summed E-state index contributed by atoms with van der Waals surface area (Å²) in [6.07, 6.45) is 1.00.